The molecule has 1 unspecified atom stereocenters. The van der Waals surface area contributed by atoms with Gasteiger partial charge in [-0.25, -0.2) is 0 Å². The average molecular weight is 881 g/mol. The fourth-order valence-corrected chi connectivity index (χ4v) is 7.49. The molecule has 0 aromatic rings. The van der Waals surface area contributed by atoms with Crippen molar-refractivity contribution in [1.82, 2.24) is 0 Å². The Morgan fingerprint density at radius 1 is 0.333 bits per heavy atom. The molecule has 0 heterocycles. The Hall–Kier alpha value is -2.89. The molecule has 0 saturated carbocycles. The minimum Gasteiger partial charge on any atom is -0.462 e. The normalized spacial score (nSPS) is 12.5. The molecule has 1 atom stereocenters. The van der Waals surface area contributed by atoms with E-state index in [2.05, 4.69) is 81.5 Å². The van der Waals surface area contributed by atoms with Gasteiger partial charge in [-0.3, -0.25) is 14.4 Å². The highest BCUT2D eigenvalue weighted by Gasteiger charge is 2.19. The van der Waals surface area contributed by atoms with Gasteiger partial charge in [0, 0.05) is 19.3 Å². The summed E-state index contributed by atoms with van der Waals surface area (Å²) >= 11 is 0. The van der Waals surface area contributed by atoms with E-state index in [0.717, 1.165) is 83.5 Å². The summed E-state index contributed by atoms with van der Waals surface area (Å²) in [6.07, 6.45) is 63.5. The lowest BCUT2D eigenvalue weighted by Gasteiger charge is -2.18. The Morgan fingerprint density at radius 2 is 0.619 bits per heavy atom. The van der Waals surface area contributed by atoms with Crippen molar-refractivity contribution in [3.05, 3.63) is 60.8 Å². The van der Waals surface area contributed by atoms with Gasteiger partial charge in [-0.05, 0) is 83.5 Å². The first-order valence-electron chi connectivity index (χ1n) is 26.8. The molecule has 63 heavy (non-hydrogen) atoms. The molecule has 364 valence electrons. The van der Waals surface area contributed by atoms with Crippen molar-refractivity contribution in [3.63, 3.8) is 0 Å². The van der Waals surface area contributed by atoms with Gasteiger partial charge in [0.25, 0.3) is 0 Å². The third-order valence-corrected chi connectivity index (χ3v) is 11.5. The number of carbonyl (C=O) groups is 3. The van der Waals surface area contributed by atoms with Gasteiger partial charge < -0.3 is 14.2 Å². The molecule has 0 rings (SSSR count). The maximum Gasteiger partial charge on any atom is 0.306 e. The Morgan fingerprint density at radius 3 is 1.05 bits per heavy atom. The summed E-state index contributed by atoms with van der Waals surface area (Å²) in [5.74, 6) is -0.936. The summed E-state index contributed by atoms with van der Waals surface area (Å²) in [5.41, 5.74) is 0. The zero-order chi connectivity index (χ0) is 45.8. The second kappa shape index (κ2) is 51.7. The van der Waals surface area contributed by atoms with E-state index < -0.39 is 6.10 Å². The summed E-state index contributed by atoms with van der Waals surface area (Å²) in [4.78, 5) is 38.0. The van der Waals surface area contributed by atoms with E-state index in [1.165, 1.54) is 135 Å². The minimum atomic E-state index is -0.796. The van der Waals surface area contributed by atoms with Crippen LogP contribution in [0.5, 0.6) is 0 Å². The molecule has 0 bridgehead atoms. The molecule has 0 aromatic carbocycles. The summed E-state index contributed by atoms with van der Waals surface area (Å²) < 4.78 is 16.8. The Bertz CT molecular complexity index is 1150. The molecule has 0 spiro atoms. The van der Waals surface area contributed by atoms with Gasteiger partial charge in [-0.15, -0.1) is 0 Å². The Labute approximate surface area is 390 Å². The number of ether oxygens (including phenoxy) is 3. The van der Waals surface area contributed by atoms with Crippen LogP contribution >= 0.6 is 0 Å². The van der Waals surface area contributed by atoms with Gasteiger partial charge in [0.15, 0.2) is 6.10 Å². The van der Waals surface area contributed by atoms with Gasteiger partial charge in [0.1, 0.15) is 13.2 Å². The van der Waals surface area contributed by atoms with Crippen molar-refractivity contribution >= 4 is 17.9 Å². The van der Waals surface area contributed by atoms with Crippen LogP contribution in [0.4, 0.5) is 0 Å². The molecular formula is C57H100O6. The molecular weight excluding hydrogens is 781 g/mol. The van der Waals surface area contributed by atoms with Crippen LogP contribution < -0.4 is 0 Å². The van der Waals surface area contributed by atoms with Crippen molar-refractivity contribution in [2.45, 2.75) is 271 Å². The fraction of sp³-hybridized carbons (Fsp3) is 0.772. The molecule has 0 N–H and O–H groups in total. The average Bonchev–Trinajstić information content (AvgIpc) is 3.28. The van der Waals surface area contributed by atoms with E-state index in [9.17, 15) is 14.4 Å². The maximum absolute atomic E-state index is 12.8. The number of unbranched alkanes of at least 4 members (excludes halogenated alkanes) is 27. The lowest BCUT2D eigenvalue weighted by Crippen LogP contribution is -2.30. The van der Waals surface area contributed by atoms with Crippen molar-refractivity contribution < 1.29 is 28.6 Å². The third kappa shape index (κ3) is 50.0. The molecule has 0 amide bonds. The predicted octanol–water partition coefficient (Wildman–Crippen LogP) is 17.6. The van der Waals surface area contributed by atoms with Crippen LogP contribution in [0.15, 0.2) is 60.8 Å². The van der Waals surface area contributed by atoms with E-state index in [4.69, 9.17) is 14.2 Å². The standard InChI is InChI=1S/C57H100O6/c1-4-7-10-13-16-19-22-25-27-28-29-31-32-35-38-41-44-47-50-56(59)62-53-54(52-61-55(58)49-46-43-40-37-34-24-21-18-15-12-9-6-3)63-57(60)51-48-45-42-39-36-33-30-26-23-20-17-14-11-8-5-2/h8,11,17-18,20-21,26,30,36,39,54H,4-7,9-10,12-16,19,22-25,27-29,31-35,37-38,40-53H2,1-3H3/b11-8-,20-17-,21-18-,30-26-,39-36-. The highest BCUT2D eigenvalue weighted by atomic mass is 16.6. The third-order valence-electron chi connectivity index (χ3n) is 11.5. The number of allylic oxidation sites excluding steroid dienone is 10. The molecule has 0 aliphatic rings. The Kier molecular flexibility index (Phi) is 49.4. The molecule has 0 radical (unpaired) electrons. The zero-order valence-corrected chi connectivity index (χ0v) is 41.6. The summed E-state index contributed by atoms with van der Waals surface area (Å²) in [7, 11) is 0. The first-order chi connectivity index (χ1) is 31.0. The maximum atomic E-state index is 12.8. The zero-order valence-electron chi connectivity index (χ0n) is 41.6. The molecule has 6 heteroatoms. The van der Waals surface area contributed by atoms with E-state index in [1.54, 1.807) is 0 Å². The van der Waals surface area contributed by atoms with Crippen molar-refractivity contribution in [3.8, 4) is 0 Å². The SMILES string of the molecule is CC/C=C\C/C=C\C/C=C\C/C=C\CCCCC(=O)OC(COC(=O)CCCCCCC/C=C\CCCCC)COC(=O)CCCCCCCCCCCCCCCCCCCC. The van der Waals surface area contributed by atoms with Crippen molar-refractivity contribution in [1.29, 1.82) is 0 Å². The molecule has 0 fully saturated rings. The van der Waals surface area contributed by atoms with Gasteiger partial charge in [0.05, 0.1) is 0 Å². The Balaban J connectivity index is 4.39. The quantitative estimate of drug-likeness (QED) is 0.0262. The van der Waals surface area contributed by atoms with E-state index in [-0.39, 0.29) is 37.5 Å². The monoisotopic (exact) mass is 881 g/mol. The summed E-state index contributed by atoms with van der Waals surface area (Å²) in [6, 6.07) is 0. The number of rotatable bonds is 48. The molecule has 0 saturated heterocycles. The lowest BCUT2D eigenvalue weighted by molar-refractivity contribution is -0.167. The molecule has 0 aromatic heterocycles. The number of hydrogen-bond donors (Lipinski definition) is 0. The second-order valence-corrected chi connectivity index (χ2v) is 17.8. The van der Waals surface area contributed by atoms with Crippen LogP contribution in [0.25, 0.3) is 0 Å². The van der Waals surface area contributed by atoms with Gasteiger partial charge >= 0.3 is 17.9 Å². The van der Waals surface area contributed by atoms with Crippen LogP contribution in [0.2, 0.25) is 0 Å². The van der Waals surface area contributed by atoms with Crippen LogP contribution in [0.1, 0.15) is 265 Å². The van der Waals surface area contributed by atoms with Gasteiger partial charge in [-0.1, -0.05) is 223 Å². The minimum absolute atomic E-state index is 0.0914. The molecule has 6 nitrogen and oxygen atoms in total. The van der Waals surface area contributed by atoms with E-state index >= 15 is 0 Å². The van der Waals surface area contributed by atoms with Crippen LogP contribution in [0.3, 0.4) is 0 Å². The highest BCUT2D eigenvalue weighted by Crippen LogP contribution is 2.16. The van der Waals surface area contributed by atoms with Gasteiger partial charge in [0.2, 0.25) is 0 Å². The van der Waals surface area contributed by atoms with Crippen molar-refractivity contribution in [2.24, 2.45) is 0 Å². The van der Waals surface area contributed by atoms with E-state index in [1.807, 2.05) is 0 Å². The molecule has 0 aliphatic heterocycles. The van der Waals surface area contributed by atoms with Gasteiger partial charge in [-0.2, -0.15) is 0 Å². The van der Waals surface area contributed by atoms with Crippen LogP contribution in [-0.2, 0) is 28.6 Å². The van der Waals surface area contributed by atoms with E-state index in [0.29, 0.717) is 19.3 Å². The van der Waals surface area contributed by atoms with Crippen LogP contribution in [0, 0.1) is 0 Å². The highest BCUT2D eigenvalue weighted by molar-refractivity contribution is 5.71. The number of hydrogen-bond acceptors (Lipinski definition) is 6. The lowest BCUT2D eigenvalue weighted by atomic mass is 10.0. The first kappa shape index (κ1) is 60.1. The topological polar surface area (TPSA) is 78.9 Å². The van der Waals surface area contributed by atoms with Crippen LogP contribution in [-0.4, -0.2) is 37.2 Å². The van der Waals surface area contributed by atoms with Crippen molar-refractivity contribution in [2.75, 3.05) is 13.2 Å². The number of carbonyl (C=O) groups excluding carboxylic acids is 3. The first-order valence-corrected chi connectivity index (χ1v) is 26.8. The summed E-state index contributed by atoms with van der Waals surface area (Å²) in [6.45, 7) is 6.48. The smallest absolute Gasteiger partial charge is 0.306 e. The summed E-state index contributed by atoms with van der Waals surface area (Å²) in [5, 5.41) is 0. The largest absolute Gasteiger partial charge is 0.462 e. The molecule has 0 aliphatic carbocycles. The fourth-order valence-electron chi connectivity index (χ4n) is 7.49. The number of esters is 3. The predicted molar refractivity (Wildman–Crippen MR) is 270 cm³/mol. The second-order valence-electron chi connectivity index (χ2n) is 17.8.